The summed E-state index contributed by atoms with van der Waals surface area (Å²) in [5.74, 6) is -1.93. The average Bonchev–Trinajstić information content (AvgIpc) is 2.49. The summed E-state index contributed by atoms with van der Waals surface area (Å²) >= 11 is 5.76. The van der Waals surface area contributed by atoms with Crippen LogP contribution in [-0.4, -0.2) is 35.6 Å². The van der Waals surface area contributed by atoms with E-state index >= 15 is 0 Å². The summed E-state index contributed by atoms with van der Waals surface area (Å²) in [5.41, 5.74) is 0.861. The maximum atomic E-state index is 11.6. The Kier molecular flexibility index (Phi) is 7.34. The third-order valence-electron chi connectivity index (χ3n) is 3.03. The summed E-state index contributed by atoms with van der Waals surface area (Å²) in [4.78, 5) is 34.2. The van der Waals surface area contributed by atoms with E-state index in [4.69, 9.17) is 16.7 Å². The molecule has 0 aliphatic rings. The van der Waals surface area contributed by atoms with Gasteiger partial charge in [-0.2, -0.15) is 0 Å². The monoisotopic (exact) mass is 341 g/mol. The highest BCUT2D eigenvalue weighted by atomic mass is 35.5. The predicted molar refractivity (Wildman–Crippen MR) is 86.1 cm³/mol. The number of carboxylic acids is 1. The summed E-state index contributed by atoms with van der Waals surface area (Å²) in [6.45, 7) is 3.36. The first kappa shape index (κ1) is 18.8. The lowest BCUT2D eigenvalue weighted by Gasteiger charge is -2.18. The molecular weight excluding hydrogens is 322 g/mol. The lowest BCUT2D eigenvalue weighted by atomic mass is 10.1. The second-order valence-electron chi connectivity index (χ2n) is 5.29. The third-order valence-corrected chi connectivity index (χ3v) is 3.28. The second kappa shape index (κ2) is 8.99. The maximum Gasteiger partial charge on any atom is 0.326 e. The van der Waals surface area contributed by atoms with Gasteiger partial charge >= 0.3 is 12.0 Å². The average molecular weight is 342 g/mol. The molecule has 0 spiro atoms. The van der Waals surface area contributed by atoms with Gasteiger partial charge in [0.05, 0.1) is 6.54 Å². The molecule has 1 aromatic carbocycles. The van der Waals surface area contributed by atoms with Crippen molar-refractivity contribution in [3.63, 3.8) is 0 Å². The van der Waals surface area contributed by atoms with Crippen LogP contribution in [0.3, 0.4) is 0 Å². The lowest BCUT2D eigenvalue weighted by molar-refractivity contribution is -0.142. The van der Waals surface area contributed by atoms with Crippen molar-refractivity contribution in [3.8, 4) is 0 Å². The molecule has 0 saturated carbocycles. The fourth-order valence-corrected chi connectivity index (χ4v) is 1.87. The van der Waals surface area contributed by atoms with Crippen molar-refractivity contribution in [2.75, 3.05) is 6.54 Å². The van der Waals surface area contributed by atoms with E-state index < -0.39 is 23.9 Å². The molecule has 1 atom stereocenters. The first-order valence-corrected chi connectivity index (χ1v) is 7.45. The second-order valence-corrected chi connectivity index (χ2v) is 5.73. The maximum absolute atomic E-state index is 11.6. The van der Waals surface area contributed by atoms with Gasteiger partial charge in [0.15, 0.2) is 0 Å². The van der Waals surface area contributed by atoms with E-state index in [1.54, 1.807) is 38.1 Å². The van der Waals surface area contributed by atoms with Gasteiger partial charge in [-0.05, 0) is 23.6 Å². The van der Waals surface area contributed by atoms with Crippen LogP contribution >= 0.6 is 11.6 Å². The van der Waals surface area contributed by atoms with Gasteiger partial charge in [-0.15, -0.1) is 0 Å². The van der Waals surface area contributed by atoms with Gasteiger partial charge in [0, 0.05) is 11.6 Å². The van der Waals surface area contributed by atoms with Crippen LogP contribution in [0.5, 0.6) is 0 Å². The van der Waals surface area contributed by atoms with Crippen molar-refractivity contribution in [3.05, 3.63) is 34.9 Å². The van der Waals surface area contributed by atoms with Gasteiger partial charge < -0.3 is 21.1 Å². The van der Waals surface area contributed by atoms with E-state index in [1.807, 2.05) is 0 Å². The Morgan fingerprint density at radius 2 is 1.74 bits per heavy atom. The number of hydrogen-bond donors (Lipinski definition) is 4. The summed E-state index contributed by atoms with van der Waals surface area (Å²) in [5, 5.41) is 16.9. The number of amides is 3. The molecule has 0 bridgehead atoms. The van der Waals surface area contributed by atoms with E-state index in [0.717, 1.165) is 5.56 Å². The van der Waals surface area contributed by atoms with Gasteiger partial charge in [0.1, 0.15) is 6.04 Å². The van der Waals surface area contributed by atoms with Crippen LogP contribution in [0.15, 0.2) is 24.3 Å². The van der Waals surface area contributed by atoms with E-state index in [-0.39, 0.29) is 19.0 Å². The van der Waals surface area contributed by atoms with Crippen molar-refractivity contribution in [1.82, 2.24) is 16.0 Å². The Labute approximate surface area is 139 Å². The van der Waals surface area contributed by atoms with Crippen LogP contribution in [0.4, 0.5) is 4.79 Å². The summed E-state index contributed by atoms with van der Waals surface area (Å²) < 4.78 is 0. The Balaban J connectivity index is 2.33. The zero-order valence-electron chi connectivity index (χ0n) is 12.9. The fourth-order valence-electron chi connectivity index (χ4n) is 1.75. The minimum absolute atomic E-state index is 0.254. The zero-order chi connectivity index (χ0) is 17.4. The van der Waals surface area contributed by atoms with E-state index in [1.165, 1.54) is 0 Å². The normalized spacial score (nSPS) is 11.7. The number of carboxylic acid groups (broad SMARTS) is 1. The quantitative estimate of drug-likeness (QED) is 0.600. The first-order chi connectivity index (χ1) is 10.8. The van der Waals surface area contributed by atoms with Crippen molar-refractivity contribution in [2.45, 2.75) is 26.4 Å². The lowest BCUT2D eigenvalue weighted by Crippen LogP contribution is -2.49. The Morgan fingerprint density at radius 3 is 2.26 bits per heavy atom. The minimum Gasteiger partial charge on any atom is -0.480 e. The summed E-state index contributed by atoms with van der Waals surface area (Å²) in [6, 6.07) is 5.46. The number of urea groups is 1. The van der Waals surface area contributed by atoms with Gasteiger partial charge in [-0.25, -0.2) is 9.59 Å². The van der Waals surface area contributed by atoms with Gasteiger partial charge in [0.25, 0.3) is 0 Å². The van der Waals surface area contributed by atoms with Crippen LogP contribution < -0.4 is 16.0 Å². The van der Waals surface area contributed by atoms with Crippen LogP contribution in [-0.2, 0) is 16.1 Å². The van der Waals surface area contributed by atoms with E-state index in [0.29, 0.717) is 5.02 Å². The standard InChI is InChI=1S/C15H20ClN3O4/c1-9(2)13(14(21)22)19-12(20)8-18-15(23)17-7-10-3-5-11(16)6-4-10/h3-6,9,13H,7-8H2,1-2H3,(H,19,20)(H,21,22)(H2,17,18,23). The van der Waals surface area contributed by atoms with Gasteiger partial charge in [-0.3, -0.25) is 4.79 Å². The first-order valence-electron chi connectivity index (χ1n) is 7.08. The minimum atomic E-state index is -1.11. The Morgan fingerprint density at radius 1 is 1.13 bits per heavy atom. The number of aliphatic carboxylic acids is 1. The molecule has 3 amide bonds. The highest BCUT2D eigenvalue weighted by Gasteiger charge is 2.23. The molecular formula is C15H20ClN3O4. The Bertz CT molecular complexity index is 560. The van der Waals surface area contributed by atoms with Crippen molar-refractivity contribution >= 4 is 29.5 Å². The largest absolute Gasteiger partial charge is 0.480 e. The van der Waals surface area contributed by atoms with Crippen LogP contribution in [0, 0.1) is 5.92 Å². The van der Waals surface area contributed by atoms with Crippen LogP contribution in [0.1, 0.15) is 19.4 Å². The topological polar surface area (TPSA) is 108 Å². The number of nitrogens with one attached hydrogen (secondary N) is 3. The number of carbonyl (C=O) groups is 3. The number of carbonyl (C=O) groups excluding carboxylic acids is 2. The molecule has 0 radical (unpaired) electrons. The molecule has 4 N–H and O–H groups in total. The molecule has 0 aromatic heterocycles. The molecule has 1 unspecified atom stereocenters. The molecule has 23 heavy (non-hydrogen) atoms. The molecule has 0 aliphatic carbocycles. The molecule has 0 fully saturated rings. The highest BCUT2D eigenvalue weighted by Crippen LogP contribution is 2.08. The van der Waals surface area contributed by atoms with Crippen molar-refractivity contribution in [2.24, 2.45) is 5.92 Å². The number of hydrogen-bond acceptors (Lipinski definition) is 3. The number of benzene rings is 1. The van der Waals surface area contributed by atoms with Crippen molar-refractivity contribution < 1.29 is 19.5 Å². The van der Waals surface area contributed by atoms with Crippen LogP contribution in [0.2, 0.25) is 5.02 Å². The third kappa shape index (κ3) is 7.01. The Hall–Kier alpha value is -2.28. The molecule has 0 heterocycles. The number of halogens is 1. The predicted octanol–water partition coefficient (Wildman–Crippen LogP) is 1.36. The van der Waals surface area contributed by atoms with E-state index in [9.17, 15) is 14.4 Å². The molecule has 0 aliphatic heterocycles. The van der Waals surface area contributed by atoms with Crippen LogP contribution in [0.25, 0.3) is 0 Å². The fraction of sp³-hybridized carbons (Fsp3) is 0.400. The highest BCUT2D eigenvalue weighted by molar-refractivity contribution is 6.30. The zero-order valence-corrected chi connectivity index (χ0v) is 13.7. The molecule has 7 nitrogen and oxygen atoms in total. The SMILES string of the molecule is CC(C)C(NC(=O)CNC(=O)NCc1ccc(Cl)cc1)C(=O)O. The summed E-state index contributed by atoms with van der Waals surface area (Å²) in [7, 11) is 0. The smallest absolute Gasteiger partial charge is 0.326 e. The molecule has 1 rings (SSSR count). The molecule has 8 heteroatoms. The number of rotatable bonds is 7. The van der Waals surface area contributed by atoms with Gasteiger partial charge in [-0.1, -0.05) is 37.6 Å². The summed E-state index contributed by atoms with van der Waals surface area (Å²) in [6.07, 6.45) is 0. The molecule has 0 saturated heterocycles. The van der Waals surface area contributed by atoms with E-state index in [2.05, 4.69) is 16.0 Å². The molecule has 1 aromatic rings. The van der Waals surface area contributed by atoms with Crippen molar-refractivity contribution in [1.29, 1.82) is 0 Å². The molecule has 126 valence electrons. The van der Waals surface area contributed by atoms with Gasteiger partial charge in [0.2, 0.25) is 5.91 Å².